The van der Waals surface area contributed by atoms with Crippen molar-refractivity contribution in [1.82, 2.24) is 19.7 Å². The molecule has 1 aliphatic rings. The van der Waals surface area contributed by atoms with E-state index in [0.717, 1.165) is 42.3 Å². The summed E-state index contributed by atoms with van der Waals surface area (Å²) in [6, 6.07) is 11.1. The summed E-state index contributed by atoms with van der Waals surface area (Å²) < 4.78 is 2.17. The van der Waals surface area contributed by atoms with Crippen molar-refractivity contribution in [2.24, 2.45) is 0 Å². The summed E-state index contributed by atoms with van der Waals surface area (Å²) in [5, 5.41) is 11.5. The van der Waals surface area contributed by atoms with Crippen molar-refractivity contribution in [3.05, 3.63) is 60.2 Å². The van der Waals surface area contributed by atoms with Gasteiger partial charge in [-0.3, -0.25) is 9.78 Å². The van der Waals surface area contributed by atoms with Gasteiger partial charge < -0.3 is 9.88 Å². The lowest BCUT2D eigenvalue weighted by Gasteiger charge is -2.15. The van der Waals surface area contributed by atoms with E-state index in [1.165, 1.54) is 6.42 Å². The fraction of sp³-hybridized carbons (Fsp3) is 0.222. The minimum absolute atomic E-state index is 0.155. The zero-order chi connectivity index (χ0) is 16.4. The number of amides is 1. The maximum absolute atomic E-state index is 12.3. The molecule has 0 atom stereocenters. The molecular formula is C18H17N5O. The Morgan fingerprint density at radius 2 is 1.96 bits per heavy atom. The van der Waals surface area contributed by atoms with E-state index >= 15 is 0 Å². The normalized spacial score (nSPS) is 13.3. The first kappa shape index (κ1) is 14.6. The lowest BCUT2D eigenvalue weighted by atomic mass is 10.1. The SMILES string of the molecule is O=C(Nc1cccc(-c2nnc3n2CCCC3)c1)c1ccncc1. The van der Waals surface area contributed by atoms with Crippen LogP contribution in [0.15, 0.2) is 48.8 Å². The molecule has 24 heavy (non-hydrogen) atoms. The molecule has 1 N–H and O–H groups in total. The monoisotopic (exact) mass is 319 g/mol. The number of anilines is 1. The highest BCUT2D eigenvalue weighted by atomic mass is 16.1. The van der Waals surface area contributed by atoms with E-state index in [1.807, 2.05) is 24.3 Å². The largest absolute Gasteiger partial charge is 0.322 e. The predicted octanol–water partition coefficient (Wildman–Crippen LogP) is 2.93. The van der Waals surface area contributed by atoms with Crippen molar-refractivity contribution in [1.29, 1.82) is 0 Å². The Morgan fingerprint density at radius 3 is 2.83 bits per heavy atom. The van der Waals surface area contributed by atoms with Gasteiger partial charge in [0.1, 0.15) is 5.82 Å². The molecule has 1 aliphatic heterocycles. The van der Waals surface area contributed by atoms with Crippen LogP contribution in [-0.2, 0) is 13.0 Å². The fourth-order valence-corrected chi connectivity index (χ4v) is 2.96. The first-order valence-corrected chi connectivity index (χ1v) is 8.05. The van der Waals surface area contributed by atoms with Gasteiger partial charge in [0.25, 0.3) is 5.91 Å². The average Bonchev–Trinajstić information content (AvgIpc) is 3.07. The molecule has 3 aromatic rings. The van der Waals surface area contributed by atoms with Crippen LogP contribution in [0.1, 0.15) is 29.0 Å². The Balaban J connectivity index is 1.60. The van der Waals surface area contributed by atoms with Gasteiger partial charge in [-0.25, -0.2) is 0 Å². The van der Waals surface area contributed by atoms with E-state index < -0.39 is 0 Å². The predicted molar refractivity (Wildman–Crippen MR) is 90.6 cm³/mol. The Labute approximate surface area is 139 Å². The number of aromatic nitrogens is 4. The molecule has 6 nitrogen and oxygen atoms in total. The number of fused-ring (bicyclic) bond motifs is 1. The number of pyridine rings is 1. The summed E-state index contributed by atoms with van der Waals surface area (Å²) in [6.07, 6.45) is 6.50. The quantitative estimate of drug-likeness (QED) is 0.805. The number of nitrogens with zero attached hydrogens (tertiary/aromatic N) is 4. The number of aryl methyl sites for hydroxylation is 1. The molecule has 0 aliphatic carbocycles. The maximum atomic E-state index is 12.3. The highest BCUT2D eigenvalue weighted by Gasteiger charge is 2.17. The summed E-state index contributed by atoms with van der Waals surface area (Å²) in [7, 11) is 0. The second kappa shape index (κ2) is 6.23. The minimum Gasteiger partial charge on any atom is -0.322 e. The Bertz CT molecular complexity index is 872. The number of benzene rings is 1. The molecule has 0 fully saturated rings. The lowest BCUT2D eigenvalue weighted by Crippen LogP contribution is -2.12. The van der Waals surface area contributed by atoms with E-state index in [2.05, 4.69) is 25.1 Å². The number of carbonyl (C=O) groups excluding carboxylic acids is 1. The van der Waals surface area contributed by atoms with Crippen LogP contribution in [0, 0.1) is 0 Å². The van der Waals surface area contributed by atoms with Crippen molar-refractivity contribution in [3.63, 3.8) is 0 Å². The van der Waals surface area contributed by atoms with Gasteiger partial charge in [0.15, 0.2) is 5.82 Å². The molecule has 6 heteroatoms. The standard InChI is InChI=1S/C18H17N5O/c24-18(13-7-9-19-10-8-13)20-15-5-3-4-14(12-15)17-22-21-16-6-1-2-11-23(16)17/h3-5,7-10,12H,1-2,6,11H2,(H,20,24). The van der Waals surface area contributed by atoms with Crippen LogP contribution in [0.4, 0.5) is 5.69 Å². The number of hydrogen-bond donors (Lipinski definition) is 1. The van der Waals surface area contributed by atoms with Crippen LogP contribution in [0.2, 0.25) is 0 Å². The van der Waals surface area contributed by atoms with Gasteiger partial charge in [-0.2, -0.15) is 0 Å². The maximum Gasteiger partial charge on any atom is 0.255 e. The molecule has 0 unspecified atom stereocenters. The second-order valence-corrected chi connectivity index (χ2v) is 5.82. The number of rotatable bonds is 3. The van der Waals surface area contributed by atoms with Crippen LogP contribution < -0.4 is 5.32 Å². The summed E-state index contributed by atoms with van der Waals surface area (Å²) in [4.78, 5) is 16.2. The van der Waals surface area contributed by atoms with E-state index in [4.69, 9.17) is 0 Å². The Hall–Kier alpha value is -3.02. The van der Waals surface area contributed by atoms with Crippen LogP contribution in [0.5, 0.6) is 0 Å². The van der Waals surface area contributed by atoms with Crippen molar-refractivity contribution in [2.75, 3.05) is 5.32 Å². The molecule has 0 saturated heterocycles. The number of nitrogens with one attached hydrogen (secondary N) is 1. The molecule has 4 rings (SSSR count). The highest BCUT2D eigenvalue weighted by Crippen LogP contribution is 2.25. The molecule has 0 spiro atoms. The molecule has 1 amide bonds. The van der Waals surface area contributed by atoms with Crippen molar-refractivity contribution in [3.8, 4) is 11.4 Å². The topological polar surface area (TPSA) is 72.7 Å². The highest BCUT2D eigenvalue weighted by molar-refractivity contribution is 6.04. The summed E-state index contributed by atoms with van der Waals surface area (Å²) in [5.41, 5.74) is 2.28. The Kier molecular flexibility index (Phi) is 3.78. The minimum atomic E-state index is -0.155. The molecular weight excluding hydrogens is 302 g/mol. The van der Waals surface area contributed by atoms with Crippen molar-refractivity contribution in [2.45, 2.75) is 25.8 Å². The molecule has 0 saturated carbocycles. The van der Waals surface area contributed by atoms with Crippen molar-refractivity contribution < 1.29 is 4.79 Å². The number of carbonyl (C=O) groups is 1. The molecule has 2 aromatic heterocycles. The van der Waals surface area contributed by atoms with Crippen LogP contribution >= 0.6 is 0 Å². The van der Waals surface area contributed by atoms with E-state index in [9.17, 15) is 4.79 Å². The van der Waals surface area contributed by atoms with Gasteiger partial charge in [0, 0.05) is 42.2 Å². The average molecular weight is 319 g/mol. The molecule has 0 radical (unpaired) electrons. The third-order valence-electron chi connectivity index (χ3n) is 4.18. The zero-order valence-corrected chi connectivity index (χ0v) is 13.1. The van der Waals surface area contributed by atoms with Gasteiger partial charge >= 0.3 is 0 Å². The summed E-state index contributed by atoms with van der Waals surface area (Å²) in [6.45, 7) is 0.950. The summed E-state index contributed by atoms with van der Waals surface area (Å²) in [5.74, 6) is 1.75. The van der Waals surface area contributed by atoms with Gasteiger partial charge in [-0.05, 0) is 37.1 Å². The first-order valence-electron chi connectivity index (χ1n) is 8.05. The second-order valence-electron chi connectivity index (χ2n) is 5.82. The van der Waals surface area contributed by atoms with E-state index in [0.29, 0.717) is 5.56 Å². The van der Waals surface area contributed by atoms with Crippen LogP contribution in [0.25, 0.3) is 11.4 Å². The zero-order valence-electron chi connectivity index (χ0n) is 13.1. The van der Waals surface area contributed by atoms with Crippen molar-refractivity contribution >= 4 is 11.6 Å². The molecule has 3 heterocycles. The first-order chi connectivity index (χ1) is 11.8. The smallest absolute Gasteiger partial charge is 0.255 e. The van der Waals surface area contributed by atoms with Gasteiger partial charge in [-0.1, -0.05) is 12.1 Å². The Morgan fingerprint density at radius 1 is 1.08 bits per heavy atom. The third kappa shape index (κ3) is 2.78. The lowest BCUT2D eigenvalue weighted by molar-refractivity contribution is 0.102. The molecule has 120 valence electrons. The summed E-state index contributed by atoms with van der Waals surface area (Å²) >= 11 is 0. The number of hydrogen-bond acceptors (Lipinski definition) is 4. The fourth-order valence-electron chi connectivity index (χ4n) is 2.96. The molecule has 0 bridgehead atoms. The third-order valence-corrected chi connectivity index (χ3v) is 4.18. The van der Waals surface area contributed by atoms with Crippen LogP contribution in [-0.4, -0.2) is 25.7 Å². The van der Waals surface area contributed by atoms with E-state index in [-0.39, 0.29) is 5.91 Å². The molecule has 1 aromatic carbocycles. The van der Waals surface area contributed by atoms with Gasteiger partial charge in [0.05, 0.1) is 0 Å². The van der Waals surface area contributed by atoms with Gasteiger partial charge in [-0.15, -0.1) is 10.2 Å². The van der Waals surface area contributed by atoms with Crippen LogP contribution in [0.3, 0.4) is 0 Å². The van der Waals surface area contributed by atoms with Gasteiger partial charge in [0.2, 0.25) is 0 Å². The van der Waals surface area contributed by atoms with E-state index in [1.54, 1.807) is 24.5 Å².